The molecule has 2 rings (SSSR count). The van der Waals surface area contributed by atoms with E-state index in [4.69, 9.17) is 0 Å². The summed E-state index contributed by atoms with van der Waals surface area (Å²) in [4.78, 5) is 2.43. The maximum atomic E-state index is 9.97. The molecule has 1 fully saturated rings. The van der Waals surface area contributed by atoms with Gasteiger partial charge in [-0.2, -0.15) is 0 Å². The average molecular weight is 219 g/mol. The van der Waals surface area contributed by atoms with Gasteiger partial charge in [0.2, 0.25) is 0 Å². The molecule has 1 aromatic carbocycles. The van der Waals surface area contributed by atoms with Crippen LogP contribution in [0.15, 0.2) is 30.3 Å². The molecule has 2 nitrogen and oxygen atoms in total. The molecule has 0 spiro atoms. The van der Waals surface area contributed by atoms with Crippen molar-refractivity contribution in [3.05, 3.63) is 35.9 Å². The maximum absolute atomic E-state index is 9.97. The van der Waals surface area contributed by atoms with Crippen molar-refractivity contribution in [2.45, 2.75) is 32.4 Å². The number of hydrogen-bond acceptors (Lipinski definition) is 2. The van der Waals surface area contributed by atoms with Crippen LogP contribution in [0.25, 0.3) is 0 Å². The molecule has 1 atom stereocenters. The van der Waals surface area contributed by atoms with E-state index in [2.05, 4.69) is 29.2 Å². The van der Waals surface area contributed by atoms with Crippen molar-refractivity contribution < 1.29 is 5.11 Å². The minimum Gasteiger partial charge on any atom is -0.390 e. The maximum Gasteiger partial charge on any atom is 0.0632 e. The Morgan fingerprint density at radius 1 is 1.31 bits per heavy atom. The van der Waals surface area contributed by atoms with Gasteiger partial charge in [-0.15, -0.1) is 0 Å². The number of nitrogens with zero attached hydrogens (tertiary/aromatic N) is 1. The second-order valence-corrected chi connectivity index (χ2v) is 5.36. The number of likely N-dealkylation sites (tertiary alicyclic amines) is 1. The van der Waals surface area contributed by atoms with Crippen LogP contribution in [0.1, 0.15) is 25.8 Å². The lowest BCUT2D eigenvalue weighted by atomic mass is 9.90. The lowest BCUT2D eigenvalue weighted by molar-refractivity contribution is 0.0208. The van der Waals surface area contributed by atoms with Crippen molar-refractivity contribution >= 4 is 0 Å². The fourth-order valence-electron chi connectivity index (χ4n) is 2.39. The highest BCUT2D eigenvalue weighted by atomic mass is 16.3. The lowest BCUT2D eigenvalue weighted by Crippen LogP contribution is -2.33. The molecule has 2 heteroatoms. The van der Waals surface area contributed by atoms with Crippen molar-refractivity contribution in [3.63, 3.8) is 0 Å². The molecule has 1 N–H and O–H groups in total. The van der Waals surface area contributed by atoms with Gasteiger partial charge in [-0.1, -0.05) is 30.3 Å². The summed E-state index contributed by atoms with van der Waals surface area (Å²) < 4.78 is 0. The van der Waals surface area contributed by atoms with Crippen LogP contribution in [0, 0.1) is 5.92 Å². The Kier molecular flexibility index (Phi) is 3.31. The van der Waals surface area contributed by atoms with Gasteiger partial charge in [-0.3, -0.25) is 4.90 Å². The van der Waals surface area contributed by atoms with Crippen LogP contribution in [-0.2, 0) is 6.54 Å². The number of rotatable bonds is 3. The molecular formula is C14H21NO. The molecular weight excluding hydrogens is 198 g/mol. The highest BCUT2D eigenvalue weighted by Gasteiger charge is 2.33. The molecule has 16 heavy (non-hydrogen) atoms. The normalized spacial score (nSPS) is 22.6. The second-order valence-electron chi connectivity index (χ2n) is 5.36. The van der Waals surface area contributed by atoms with Gasteiger partial charge in [0.25, 0.3) is 0 Å². The summed E-state index contributed by atoms with van der Waals surface area (Å²) in [7, 11) is 0. The van der Waals surface area contributed by atoms with Gasteiger partial charge < -0.3 is 5.11 Å². The molecule has 1 aromatic rings. The van der Waals surface area contributed by atoms with Crippen LogP contribution in [0.4, 0.5) is 0 Å². The summed E-state index contributed by atoms with van der Waals surface area (Å²) in [5.41, 5.74) is 0.824. The Bertz CT molecular complexity index is 328. The molecule has 1 aliphatic heterocycles. The van der Waals surface area contributed by atoms with E-state index in [-0.39, 0.29) is 0 Å². The predicted octanol–water partition coefficient (Wildman–Crippen LogP) is 2.28. The first-order chi connectivity index (χ1) is 7.55. The third-order valence-electron chi connectivity index (χ3n) is 3.52. The summed E-state index contributed by atoms with van der Waals surface area (Å²) in [6.45, 7) is 6.96. The molecule has 0 bridgehead atoms. The molecule has 1 aliphatic rings. The molecule has 0 saturated carbocycles. The van der Waals surface area contributed by atoms with E-state index in [0.717, 1.165) is 26.1 Å². The molecule has 0 amide bonds. The quantitative estimate of drug-likeness (QED) is 0.843. The van der Waals surface area contributed by atoms with Crippen LogP contribution in [-0.4, -0.2) is 28.7 Å². The van der Waals surface area contributed by atoms with Gasteiger partial charge in [-0.05, 0) is 32.4 Å². The Balaban J connectivity index is 1.91. The molecule has 0 aliphatic carbocycles. The van der Waals surface area contributed by atoms with Crippen molar-refractivity contribution in [2.24, 2.45) is 5.92 Å². The summed E-state index contributed by atoms with van der Waals surface area (Å²) in [5.74, 6) is 0.413. The van der Waals surface area contributed by atoms with E-state index in [1.807, 2.05) is 19.9 Å². The smallest absolute Gasteiger partial charge is 0.0632 e. The van der Waals surface area contributed by atoms with Crippen molar-refractivity contribution in [2.75, 3.05) is 13.1 Å². The monoisotopic (exact) mass is 219 g/mol. The second kappa shape index (κ2) is 4.56. The van der Waals surface area contributed by atoms with Crippen molar-refractivity contribution in [1.29, 1.82) is 0 Å². The zero-order chi connectivity index (χ0) is 11.6. The van der Waals surface area contributed by atoms with Crippen LogP contribution in [0.5, 0.6) is 0 Å². The van der Waals surface area contributed by atoms with E-state index in [0.29, 0.717) is 5.92 Å². The number of benzene rings is 1. The van der Waals surface area contributed by atoms with Gasteiger partial charge in [0, 0.05) is 19.0 Å². The standard InChI is InChI=1S/C14H21NO/c1-14(2,16)13-8-9-15(11-13)10-12-6-4-3-5-7-12/h3-7,13,16H,8-11H2,1-2H3/t13-/m1/s1. The van der Waals surface area contributed by atoms with Gasteiger partial charge in [-0.25, -0.2) is 0 Å². The Labute approximate surface area is 97.9 Å². The summed E-state index contributed by atoms with van der Waals surface area (Å²) in [6, 6.07) is 10.5. The molecule has 0 radical (unpaired) electrons. The van der Waals surface area contributed by atoms with Crippen molar-refractivity contribution in [3.8, 4) is 0 Å². The van der Waals surface area contributed by atoms with Gasteiger partial charge in [0.05, 0.1) is 5.60 Å². The van der Waals surface area contributed by atoms with Gasteiger partial charge in [0.15, 0.2) is 0 Å². The first kappa shape index (κ1) is 11.6. The first-order valence-electron chi connectivity index (χ1n) is 6.04. The third kappa shape index (κ3) is 2.83. The fourth-order valence-corrected chi connectivity index (χ4v) is 2.39. The van der Waals surface area contributed by atoms with E-state index >= 15 is 0 Å². The highest BCUT2D eigenvalue weighted by Crippen LogP contribution is 2.27. The number of hydrogen-bond donors (Lipinski definition) is 1. The van der Waals surface area contributed by atoms with Gasteiger partial charge >= 0.3 is 0 Å². The van der Waals surface area contributed by atoms with Crippen LogP contribution in [0.3, 0.4) is 0 Å². The highest BCUT2D eigenvalue weighted by molar-refractivity contribution is 5.14. The van der Waals surface area contributed by atoms with Crippen molar-refractivity contribution in [1.82, 2.24) is 4.90 Å². The van der Waals surface area contributed by atoms with E-state index < -0.39 is 5.60 Å². The predicted molar refractivity (Wildman–Crippen MR) is 66.1 cm³/mol. The molecule has 1 saturated heterocycles. The SMILES string of the molecule is CC(C)(O)[C@@H]1CCN(Cc2ccccc2)C1. The number of aliphatic hydroxyl groups is 1. The van der Waals surface area contributed by atoms with Crippen LogP contribution < -0.4 is 0 Å². The lowest BCUT2D eigenvalue weighted by Gasteiger charge is -2.25. The fraction of sp³-hybridized carbons (Fsp3) is 0.571. The minimum atomic E-state index is -0.536. The van der Waals surface area contributed by atoms with E-state index in [1.165, 1.54) is 5.56 Å². The summed E-state index contributed by atoms with van der Waals surface area (Å²) >= 11 is 0. The Hall–Kier alpha value is -0.860. The third-order valence-corrected chi connectivity index (χ3v) is 3.52. The first-order valence-corrected chi connectivity index (χ1v) is 6.04. The van der Waals surface area contributed by atoms with Crippen LogP contribution in [0.2, 0.25) is 0 Å². The van der Waals surface area contributed by atoms with Gasteiger partial charge in [0.1, 0.15) is 0 Å². The Morgan fingerprint density at radius 3 is 2.56 bits per heavy atom. The van der Waals surface area contributed by atoms with Crippen LogP contribution >= 0.6 is 0 Å². The van der Waals surface area contributed by atoms with E-state index in [9.17, 15) is 5.11 Å². The molecule has 1 heterocycles. The summed E-state index contributed by atoms with van der Waals surface area (Å²) in [6.07, 6.45) is 1.11. The van der Waals surface area contributed by atoms with E-state index in [1.54, 1.807) is 0 Å². The molecule has 0 unspecified atom stereocenters. The molecule has 0 aromatic heterocycles. The Morgan fingerprint density at radius 2 is 2.00 bits per heavy atom. The average Bonchev–Trinajstić information content (AvgIpc) is 2.67. The summed E-state index contributed by atoms with van der Waals surface area (Å²) in [5, 5.41) is 9.97. The topological polar surface area (TPSA) is 23.5 Å². The zero-order valence-corrected chi connectivity index (χ0v) is 10.2. The minimum absolute atomic E-state index is 0.413. The molecule has 88 valence electrons. The largest absolute Gasteiger partial charge is 0.390 e. The zero-order valence-electron chi connectivity index (χ0n) is 10.2.